The minimum absolute atomic E-state index is 0.0278. The number of rotatable bonds is 4. The maximum atomic E-state index is 13.1. The summed E-state index contributed by atoms with van der Waals surface area (Å²) in [5, 5.41) is 0. The smallest absolute Gasteiger partial charge is 0.316 e. The van der Waals surface area contributed by atoms with Crippen LogP contribution in [0.15, 0.2) is 0 Å². The molecule has 1 fully saturated rings. The maximum absolute atomic E-state index is 13.1. The zero-order chi connectivity index (χ0) is 25.0. The number of amides is 1. The van der Waals surface area contributed by atoms with E-state index in [0.29, 0.717) is 50.9 Å². The molecule has 1 amide bonds. The third-order valence-electron chi connectivity index (χ3n) is 6.50. The second-order valence-corrected chi connectivity index (χ2v) is 10.6. The molecule has 0 spiro atoms. The predicted octanol–water partition coefficient (Wildman–Crippen LogP) is 3.32. The Balaban J connectivity index is 2.92. The van der Waals surface area contributed by atoms with Gasteiger partial charge in [0.15, 0.2) is 0 Å². The fraction of sp³-hybridized carbons (Fsp3) is 0.885. The molecular weight excluding hydrogens is 418 g/mol. The van der Waals surface area contributed by atoms with Crippen LogP contribution in [0.25, 0.3) is 0 Å². The lowest BCUT2D eigenvalue weighted by atomic mass is 9.83. The van der Waals surface area contributed by atoms with E-state index in [1.807, 2.05) is 37.7 Å². The number of nitrogens with zero attached hydrogens (tertiary/aromatic N) is 3. The molecule has 0 aromatic rings. The zero-order valence-corrected chi connectivity index (χ0v) is 22.3. The highest BCUT2D eigenvalue weighted by molar-refractivity contribution is 6.00. The summed E-state index contributed by atoms with van der Waals surface area (Å²) in [6.07, 6.45) is 4.61. The first kappa shape index (κ1) is 29.6. The van der Waals surface area contributed by atoms with Crippen LogP contribution in [0, 0.1) is 23.7 Å². The van der Waals surface area contributed by atoms with E-state index in [1.54, 1.807) is 0 Å². The summed E-state index contributed by atoms with van der Waals surface area (Å²) in [7, 11) is 5.93. The van der Waals surface area contributed by atoms with E-state index in [-0.39, 0.29) is 23.6 Å². The molecule has 1 aliphatic rings. The van der Waals surface area contributed by atoms with Gasteiger partial charge in [-0.25, -0.2) is 0 Å². The Bertz CT molecular complexity index is 610. The van der Waals surface area contributed by atoms with Gasteiger partial charge in [-0.2, -0.15) is 0 Å². The number of ether oxygens (including phenoxy) is 1. The van der Waals surface area contributed by atoms with Gasteiger partial charge in [-0.05, 0) is 65.1 Å². The molecule has 1 heterocycles. The molecule has 0 aliphatic carbocycles. The van der Waals surface area contributed by atoms with Crippen molar-refractivity contribution in [1.29, 1.82) is 0 Å². The lowest BCUT2D eigenvalue weighted by Gasteiger charge is -2.29. The third-order valence-corrected chi connectivity index (χ3v) is 6.50. The van der Waals surface area contributed by atoms with Crippen molar-refractivity contribution < 1.29 is 19.1 Å². The Kier molecular flexibility index (Phi) is 13.8. The van der Waals surface area contributed by atoms with E-state index in [1.165, 1.54) is 0 Å². The molecule has 0 aromatic heterocycles. The number of cyclic esters (lactones) is 1. The Morgan fingerprint density at radius 2 is 1.73 bits per heavy atom. The van der Waals surface area contributed by atoms with Gasteiger partial charge in [0.25, 0.3) is 0 Å². The van der Waals surface area contributed by atoms with Crippen LogP contribution < -0.4 is 0 Å². The molecule has 0 saturated carbocycles. The number of Topliss-reactive ketones (excluding diaryl/α,β-unsaturated/α-hetero) is 1. The van der Waals surface area contributed by atoms with Crippen molar-refractivity contribution >= 4 is 17.7 Å². The number of hydrogen-bond donors (Lipinski definition) is 0. The highest BCUT2D eigenvalue weighted by Crippen LogP contribution is 2.25. The van der Waals surface area contributed by atoms with Crippen molar-refractivity contribution in [1.82, 2.24) is 14.7 Å². The molecule has 1 rings (SSSR count). The fourth-order valence-electron chi connectivity index (χ4n) is 4.91. The number of carbonyl (C=O) groups excluding carboxylic acids is 3. The van der Waals surface area contributed by atoms with Gasteiger partial charge >= 0.3 is 5.97 Å². The van der Waals surface area contributed by atoms with Crippen molar-refractivity contribution in [3.8, 4) is 0 Å². The second-order valence-electron chi connectivity index (χ2n) is 10.6. The summed E-state index contributed by atoms with van der Waals surface area (Å²) in [5.41, 5.74) is 0. The number of hydrogen-bond acceptors (Lipinski definition) is 6. The van der Waals surface area contributed by atoms with Crippen molar-refractivity contribution in [2.75, 3.05) is 60.5 Å². The van der Waals surface area contributed by atoms with Crippen LogP contribution in [0.5, 0.6) is 0 Å². The normalized spacial score (nSPS) is 28.3. The molecule has 33 heavy (non-hydrogen) atoms. The summed E-state index contributed by atoms with van der Waals surface area (Å²) in [6, 6.07) is 0. The highest BCUT2D eigenvalue weighted by Gasteiger charge is 2.31. The minimum Gasteiger partial charge on any atom is -0.465 e. The Hall–Kier alpha value is -1.47. The van der Waals surface area contributed by atoms with Crippen molar-refractivity contribution in [3.05, 3.63) is 0 Å². The van der Waals surface area contributed by atoms with E-state index in [2.05, 4.69) is 25.8 Å². The van der Waals surface area contributed by atoms with E-state index >= 15 is 0 Å². The average Bonchev–Trinajstić information content (AvgIpc) is 2.71. The van der Waals surface area contributed by atoms with Crippen LogP contribution in [0.2, 0.25) is 0 Å². The van der Waals surface area contributed by atoms with Gasteiger partial charge in [0.05, 0.1) is 13.2 Å². The summed E-state index contributed by atoms with van der Waals surface area (Å²) < 4.78 is 5.51. The quantitative estimate of drug-likeness (QED) is 0.467. The van der Waals surface area contributed by atoms with Gasteiger partial charge < -0.3 is 19.4 Å². The molecule has 0 radical (unpaired) electrons. The van der Waals surface area contributed by atoms with Gasteiger partial charge in [0, 0.05) is 32.1 Å². The van der Waals surface area contributed by atoms with Gasteiger partial charge in [-0.15, -0.1) is 0 Å². The van der Waals surface area contributed by atoms with E-state index in [4.69, 9.17) is 4.74 Å². The zero-order valence-electron chi connectivity index (χ0n) is 22.3. The molecule has 4 atom stereocenters. The molecule has 0 N–H and O–H groups in total. The number of carbonyl (C=O) groups is 3. The molecule has 0 bridgehead atoms. The predicted molar refractivity (Wildman–Crippen MR) is 133 cm³/mol. The number of esters is 1. The van der Waals surface area contributed by atoms with E-state index < -0.39 is 5.92 Å². The first-order valence-electron chi connectivity index (χ1n) is 12.9. The summed E-state index contributed by atoms with van der Waals surface area (Å²) in [5.74, 6) is -0.111. The molecule has 1 saturated heterocycles. The lowest BCUT2D eigenvalue weighted by molar-refractivity contribution is -0.153. The largest absolute Gasteiger partial charge is 0.465 e. The van der Waals surface area contributed by atoms with Crippen molar-refractivity contribution in [2.24, 2.45) is 23.7 Å². The number of likely N-dealkylation sites (N-methyl/N-ethyl adjacent to an activating group) is 2. The summed E-state index contributed by atoms with van der Waals surface area (Å²) >= 11 is 0. The van der Waals surface area contributed by atoms with Crippen LogP contribution in [-0.4, -0.2) is 92.8 Å². The second kappa shape index (κ2) is 15.4. The third kappa shape index (κ3) is 11.5. The SMILES string of the molecule is CCCC1C(=O)OCCCCN(C(=O)CN(C)C)CCN(C)C[C@H](C)C[C@@H](C)CC(C)C1=O. The van der Waals surface area contributed by atoms with Crippen LogP contribution >= 0.6 is 0 Å². The van der Waals surface area contributed by atoms with Gasteiger partial charge in [0.1, 0.15) is 11.7 Å². The molecular formula is C26H49N3O4. The molecule has 7 nitrogen and oxygen atoms in total. The van der Waals surface area contributed by atoms with Crippen LogP contribution in [0.4, 0.5) is 0 Å². The highest BCUT2D eigenvalue weighted by atomic mass is 16.5. The Morgan fingerprint density at radius 3 is 2.36 bits per heavy atom. The van der Waals surface area contributed by atoms with Crippen molar-refractivity contribution in [3.63, 3.8) is 0 Å². The van der Waals surface area contributed by atoms with Gasteiger partial charge in [0.2, 0.25) is 5.91 Å². The Morgan fingerprint density at radius 1 is 1.03 bits per heavy atom. The average molecular weight is 468 g/mol. The summed E-state index contributed by atoms with van der Waals surface area (Å²) in [6.45, 7) is 12.3. The minimum atomic E-state index is -0.655. The van der Waals surface area contributed by atoms with Crippen LogP contribution in [-0.2, 0) is 19.1 Å². The van der Waals surface area contributed by atoms with Gasteiger partial charge in [-0.3, -0.25) is 14.4 Å². The van der Waals surface area contributed by atoms with Gasteiger partial charge in [-0.1, -0.05) is 34.1 Å². The fourth-order valence-corrected chi connectivity index (χ4v) is 4.91. The van der Waals surface area contributed by atoms with E-state index in [9.17, 15) is 14.4 Å². The molecule has 0 aromatic carbocycles. The topological polar surface area (TPSA) is 70.2 Å². The van der Waals surface area contributed by atoms with Crippen molar-refractivity contribution in [2.45, 2.75) is 66.2 Å². The van der Waals surface area contributed by atoms with Crippen LogP contribution in [0.3, 0.4) is 0 Å². The first-order chi connectivity index (χ1) is 15.5. The molecule has 7 heteroatoms. The molecule has 1 aliphatic heterocycles. The summed E-state index contributed by atoms with van der Waals surface area (Å²) in [4.78, 5) is 44.6. The lowest BCUT2D eigenvalue weighted by Crippen LogP contribution is -2.43. The maximum Gasteiger partial charge on any atom is 0.316 e. The standard InChI is InChI=1S/C26H49N3O4/c1-8-11-23-25(31)22(4)17-20(2)16-21(3)18-28(7)13-14-29(24(30)19-27(5)6)12-9-10-15-33-26(23)32/h20-23H,8-19H2,1-7H3/t20-,21-,22?,23?/m1/s1. The van der Waals surface area contributed by atoms with Crippen LogP contribution in [0.1, 0.15) is 66.2 Å². The Labute approximate surface area is 202 Å². The monoisotopic (exact) mass is 467 g/mol. The number of ketones is 1. The van der Waals surface area contributed by atoms with E-state index in [0.717, 1.165) is 38.8 Å². The first-order valence-corrected chi connectivity index (χ1v) is 12.9. The molecule has 192 valence electrons. The molecule has 2 unspecified atom stereocenters.